The Morgan fingerprint density at radius 1 is 1.29 bits per heavy atom. The standard InChI is InChI=1S/C18H28ClN3S2/c1-3-5-6-7-10-14(21-22-18(20)23)13-17(24-4-2)15-11-8-9-12-16(15)19/h8-9,11-12,17H,3-7,10,13H2,1-2H3,(H3,20,22,23)/b21-14-/t17-/m0/s1. The third kappa shape index (κ3) is 8.36. The Balaban J connectivity index is 2.83. The maximum Gasteiger partial charge on any atom is 0.184 e. The fourth-order valence-electron chi connectivity index (χ4n) is 2.50. The summed E-state index contributed by atoms with van der Waals surface area (Å²) in [7, 11) is 0. The molecular formula is C18H28ClN3S2. The molecule has 1 aromatic rings. The molecule has 0 unspecified atom stereocenters. The minimum atomic E-state index is 0.207. The Morgan fingerprint density at radius 2 is 2.04 bits per heavy atom. The summed E-state index contributed by atoms with van der Waals surface area (Å²) in [5.41, 5.74) is 10.6. The summed E-state index contributed by atoms with van der Waals surface area (Å²) in [6, 6.07) is 8.06. The second-order valence-electron chi connectivity index (χ2n) is 5.63. The molecule has 6 heteroatoms. The molecule has 0 amide bonds. The second-order valence-corrected chi connectivity index (χ2v) is 7.96. The molecule has 0 bridgehead atoms. The number of rotatable bonds is 11. The Kier molecular flexibility index (Phi) is 11.1. The molecule has 0 aliphatic carbocycles. The molecule has 0 heterocycles. The summed E-state index contributed by atoms with van der Waals surface area (Å²) in [5, 5.41) is 5.76. The van der Waals surface area contributed by atoms with Gasteiger partial charge < -0.3 is 5.73 Å². The van der Waals surface area contributed by atoms with Gasteiger partial charge in [-0.15, -0.1) is 0 Å². The molecule has 1 aromatic carbocycles. The third-order valence-corrected chi connectivity index (χ3v) is 5.28. The van der Waals surface area contributed by atoms with Crippen molar-refractivity contribution < 1.29 is 0 Å². The van der Waals surface area contributed by atoms with Crippen LogP contribution < -0.4 is 11.2 Å². The molecular weight excluding hydrogens is 358 g/mol. The van der Waals surface area contributed by atoms with E-state index in [1.807, 2.05) is 30.0 Å². The molecule has 134 valence electrons. The molecule has 0 saturated carbocycles. The summed E-state index contributed by atoms with van der Waals surface area (Å²) >= 11 is 13.2. The Hall–Kier alpha value is -0.780. The first kappa shape index (κ1) is 21.3. The average molecular weight is 386 g/mol. The number of hydrogen-bond acceptors (Lipinski definition) is 3. The van der Waals surface area contributed by atoms with Gasteiger partial charge in [0, 0.05) is 22.4 Å². The molecule has 0 saturated heterocycles. The van der Waals surface area contributed by atoms with E-state index in [0.29, 0.717) is 5.25 Å². The van der Waals surface area contributed by atoms with E-state index in [4.69, 9.17) is 29.6 Å². The van der Waals surface area contributed by atoms with E-state index in [1.54, 1.807) is 0 Å². The molecule has 0 aliphatic rings. The van der Waals surface area contributed by atoms with Gasteiger partial charge in [-0.25, -0.2) is 0 Å². The minimum absolute atomic E-state index is 0.207. The van der Waals surface area contributed by atoms with Gasteiger partial charge in [0.25, 0.3) is 0 Å². The highest BCUT2D eigenvalue weighted by Crippen LogP contribution is 2.36. The van der Waals surface area contributed by atoms with Crippen LogP contribution in [0.5, 0.6) is 0 Å². The average Bonchev–Trinajstić information content (AvgIpc) is 2.56. The van der Waals surface area contributed by atoms with Crippen LogP contribution in [0.25, 0.3) is 0 Å². The molecule has 0 fully saturated rings. The van der Waals surface area contributed by atoms with Crippen LogP contribution in [-0.2, 0) is 0 Å². The number of nitrogens with zero attached hydrogens (tertiary/aromatic N) is 1. The molecule has 3 nitrogen and oxygen atoms in total. The Morgan fingerprint density at radius 3 is 2.67 bits per heavy atom. The lowest BCUT2D eigenvalue weighted by atomic mass is 10.0. The Labute approximate surface area is 160 Å². The molecule has 1 rings (SSSR count). The van der Waals surface area contributed by atoms with Crippen LogP contribution in [0.2, 0.25) is 5.02 Å². The summed E-state index contributed by atoms with van der Waals surface area (Å²) < 4.78 is 0. The third-order valence-electron chi connectivity index (χ3n) is 3.68. The van der Waals surface area contributed by atoms with E-state index < -0.39 is 0 Å². The fourth-order valence-corrected chi connectivity index (χ4v) is 3.98. The number of thiocarbonyl (C=S) groups is 1. The van der Waals surface area contributed by atoms with Gasteiger partial charge in [0.05, 0.1) is 0 Å². The van der Waals surface area contributed by atoms with E-state index in [0.717, 1.165) is 35.7 Å². The predicted molar refractivity (Wildman–Crippen MR) is 113 cm³/mol. The molecule has 0 radical (unpaired) electrons. The zero-order valence-corrected chi connectivity index (χ0v) is 16.9. The van der Waals surface area contributed by atoms with Crippen molar-refractivity contribution in [2.75, 3.05) is 5.75 Å². The lowest BCUT2D eigenvalue weighted by Crippen LogP contribution is -2.25. The van der Waals surface area contributed by atoms with E-state index in [9.17, 15) is 0 Å². The maximum atomic E-state index is 6.40. The number of hydrogen-bond donors (Lipinski definition) is 2. The number of nitrogens with two attached hydrogens (primary N) is 1. The van der Waals surface area contributed by atoms with Crippen molar-refractivity contribution in [3.8, 4) is 0 Å². The van der Waals surface area contributed by atoms with Crippen molar-refractivity contribution in [3.63, 3.8) is 0 Å². The minimum Gasteiger partial charge on any atom is -0.375 e. The van der Waals surface area contributed by atoms with Crippen LogP contribution in [0.4, 0.5) is 0 Å². The lowest BCUT2D eigenvalue weighted by molar-refractivity contribution is 0.677. The zero-order chi connectivity index (χ0) is 17.8. The largest absolute Gasteiger partial charge is 0.375 e. The summed E-state index contributed by atoms with van der Waals surface area (Å²) in [6.45, 7) is 4.38. The second kappa shape index (κ2) is 12.6. The monoisotopic (exact) mass is 385 g/mol. The van der Waals surface area contributed by atoms with E-state index in [-0.39, 0.29) is 5.11 Å². The highest BCUT2D eigenvalue weighted by Gasteiger charge is 2.17. The van der Waals surface area contributed by atoms with E-state index in [2.05, 4.69) is 30.4 Å². The lowest BCUT2D eigenvalue weighted by Gasteiger charge is -2.19. The van der Waals surface area contributed by atoms with Crippen molar-refractivity contribution in [3.05, 3.63) is 34.9 Å². The zero-order valence-electron chi connectivity index (χ0n) is 14.6. The molecule has 0 aliphatic heterocycles. The highest BCUT2D eigenvalue weighted by atomic mass is 35.5. The van der Waals surface area contributed by atoms with Gasteiger partial charge >= 0.3 is 0 Å². The number of nitrogens with one attached hydrogen (secondary N) is 1. The number of thioether (sulfide) groups is 1. The first-order valence-electron chi connectivity index (χ1n) is 8.55. The van der Waals surface area contributed by atoms with Crippen molar-refractivity contribution in [1.82, 2.24) is 5.43 Å². The SMILES string of the molecule is CCCCCC/C(C[C@H](SCC)c1ccccc1Cl)=N/NC(N)=S. The molecule has 0 aromatic heterocycles. The van der Waals surface area contributed by atoms with Gasteiger partial charge in [0.15, 0.2) is 5.11 Å². The first-order valence-corrected chi connectivity index (χ1v) is 10.4. The first-order chi connectivity index (χ1) is 11.6. The summed E-state index contributed by atoms with van der Waals surface area (Å²) in [6.07, 6.45) is 6.65. The van der Waals surface area contributed by atoms with Gasteiger partial charge in [-0.2, -0.15) is 16.9 Å². The molecule has 0 spiro atoms. The fraction of sp³-hybridized carbons (Fsp3) is 0.556. The van der Waals surface area contributed by atoms with Gasteiger partial charge in [-0.3, -0.25) is 5.43 Å². The number of benzene rings is 1. The number of halogens is 1. The van der Waals surface area contributed by atoms with Crippen molar-refractivity contribution in [2.24, 2.45) is 10.8 Å². The van der Waals surface area contributed by atoms with Gasteiger partial charge in [-0.1, -0.05) is 62.9 Å². The summed E-state index contributed by atoms with van der Waals surface area (Å²) in [5.74, 6) is 1.03. The Bertz CT molecular complexity index is 535. The number of unbranched alkanes of at least 4 members (excludes halogenated alkanes) is 3. The van der Waals surface area contributed by atoms with Crippen LogP contribution >= 0.6 is 35.6 Å². The van der Waals surface area contributed by atoms with Crippen LogP contribution in [0.15, 0.2) is 29.4 Å². The van der Waals surface area contributed by atoms with Crippen molar-refractivity contribution in [1.29, 1.82) is 0 Å². The molecule has 3 N–H and O–H groups in total. The topological polar surface area (TPSA) is 50.4 Å². The predicted octanol–water partition coefficient (Wildman–Crippen LogP) is 5.68. The van der Waals surface area contributed by atoms with Crippen molar-refractivity contribution in [2.45, 2.75) is 57.6 Å². The highest BCUT2D eigenvalue weighted by molar-refractivity contribution is 7.99. The van der Waals surface area contributed by atoms with Crippen LogP contribution in [-0.4, -0.2) is 16.6 Å². The number of hydrazone groups is 1. The molecule has 1 atom stereocenters. The van der Waals surface area contributed by atoms with Gasteiger partial charge in [0.1, 0.15) is 0 Å². The van der Waals surface area contributed by atoms with Crippen LogP contribution in [0, 0.1) is 0 Å². The van der Waals surface area contributed by atoms with Gasteiger partial charge in [-0.05, 0) is 42.4 Å². The van der Waals surface area contributed by atoms with Crippen molar-refractivity contribution >= 4 is 46.4 Å². The molecule has 24 heavy (non-hydrogen) atoms. The van der Waals surface area contributed by atoms with Crippen LogP contribution in [0.1, 0.15) is 63.2 Å². The van der Waals surface area contributed by atoms with Crippen LogP contribution in [0.3, 0.4) is 0 Å². The van der Waals surface area contributed by atoms with Gasteiger partial charge in [0.2, 0.25) is 0 Å². The quantitative estimate of drug-likeness (QED) is 0.222. The smallest absolute Gasteiger partial charge is 0.184 e. The van der Waals surface area contributed by atoms with E-state index in [1.165, 1.54) is 24.8 Å². The maximum absolute atomic E-state index is 6.40. The normalized spacial score (nSPS) is 12.9. The van der Waals surface area contributed by atoms with E-state index >= 15 is 0 Å². The summed E-state index contributed by atoms with van der Waals surface area (Å²) in [4.78, 5) is 0.